The van der Waals surface area contributed by atoms with Gasteiger partial charge in [-0.15, -0.1) is 0 Å². The average molecular weight is 420 g/mol. The van der Waals surface area contributed by atoms with E-state index in [2.05, 4.69) is 0 Å². The van der Waals surface area contributed by atoms with E-state index in [-0.39, 0.29) is 25.6 Å². The molecule has 0 bridgehead atoms. The van der Waals surface area contributed by atoms with Crippen LogP contribution in [0.2, 0.25) is 0 Å². The number of ketones is 1. The zero-order valence-electron chi connectivity index (χ0n) is 17.3. The molecule has 0 N–H and O–H groups in total. The predicted molar refractivity (Wildman–Crippen MR) is 116 cm³/mol. The largest absolute Gasteiger partial charge is 0.494 e. The molecule has 0 saturated carbocycles. The molecule has 0 aliphatic heterocycles. The van der Waals surface area contributed by atoms with Crippen LogP contribution in [0.25, 0.3) is 0 Å². The third kappa shape index (κ3) is 6.89. The van der Waals surface area contributed by atoms with Crippen molar-refractivity contribution in [1.82, 2.24) is 0 Å². The van der Waals surface area contributed by atoms with Crippen molar-refractivity contribution in [3.05, 3.63) is 90.0 Å². The number of carbonyl (C=O) groups excluding carboxylic acids is 2. The van der Waals surface area contributed by atoms with Crippen molar-refractivity contribution < 1.29 is 28.5 Å². The molecule has 0 heterocycles. The lowest BCUT2D eigenvalue weighted by atomic mass is 10.0. The number of ether oxygens (including phenoxy) is 4. The van der Waals surface area contributed by atoms with E-state index in [0.717, 1.165) is 5.75 Å². The molecule has 0 amide bonds. The minimum Gasteiger partial charge on any atom is -0.494 e. The van der Waals surface area contributed by atoms with E-state index in [1.54, 1.807) is 48.5 Å². The van der Waals surface area contributed by atoms with E-state index >= 15 is 0 Å². The summed E-state index contributed by atoms with van der Waals surface area (Å²) >= 11 is 0. The normalized spacial score (nSPS) is 10.2. The molecule has 0 spiro atoms. The highest BCUT2D eigenvalue weighted by atomic mass is 16.6. The molecule has 0 atom stereocenters. The lowest BCUT2D eigenvalue weighted by molar-refractivity contribution is -0.146. The molecular weight excluding hydrogens is 396 g/mol. The highest BCUT2D eigenvalue weighted by Crippen LogP contribution is 2.18. The van der Waals surface area contributed by atoms with Crippen LogP contribution in [0.15, 0.2) is 78.9 Å². The summed E-state index contributed by atoms with van der Waals surface area (Å²) in [6.07, 6.45) is 0. The molecule has 0 saturated heterocycles. The van der Waals surface area contributed by atoms with Crippen LogP contribution in [-0.2, 0) is 9.53 Å². The molecular formula is C25H24O6. The van der Waals surface area contributed by atoms with Gasteiger partial charge in [-0.1, -0.05) is 30.3 Å². The molecule has 6 nitrogen and oxygen atoms in total. The summed E-state index contributed by atoms with van der Waals surface area (Å²) in [5.41, 5.74) is 1.17. The van der Waals surface area contributed by atoms with Crippen LogP contribution in [0.3, 0.4) is 0 Å². The SMILES string of the molecule is CCOc1ccc(OCCOC(=O)COc2ccc(C(=O)c3ccccc3)cc2)cc1. The van der Waals surface area contributed by atoms with Gasteiger partial charge in [0.1, 0.15) is 30.5 Å². The Morgan fingerprint density at radius 1 is 0.645 bits per heavy atom. The van der Waals surface area contributed by atoms with Gasteiger partial charge >= 0.3 is 5.97 Å². The predicted octanol–water partition coefficient (Wildman–Crippen LogP) is 4.32. The van der Waals surface area contributed by atoms with E-state index in [0.29, 0.717) is 29.2 Å². The fourth-order valence-corrected chi connectivity index (χ4v) is 2.76. The van der Waals surface area contributed by atoms with Gasteiger partial charge in [0.2, 0.25) is 0 Å². The summed E-state index contributed by atoms with van der Waals surface area (Å²) in [6.45, 7) is 2.64. The Morgan fingerprint density at radius 2 is 1.19 bits per heavy atom. The van der Waals surface area contributed by atoms with Gasteiger partial charge in [0.05, 0.1) is 6.61 Å². The van der Waals surface area contributed by atoms with Gasteiger partial charge < -0.3 is 18.9 Å². The van der Waals surface area contributed by atoms with Crippen LogP contribution in [0.4, 0.5) is 0 Å². The van der Waals surface area contributed by atoms with Gasteiger partial charge in [0, 0.05) is 11.1 Å². The molecule has 0 aromatic heterocycles. The molecule has 3 aromatic rings. The molecule has 31 heavy (non-hydrogen) atoms. The van der Waals surface area contributed by atoms with Crippen LogP contribution >= 0.6 is 0 Å². The standard InChI is InChI=1S/C25H24O6/c1-2-28-21-12-14-22(15-13-21)29-16-17-30-24(26)18-31-23-10-8-20(9-11-23)25(27)19-6-4-3-5-7-19/h3-15H,2,16-18H2,1H3. The van der Waals surface area contributed by atoms with Crippen molar-refractivity contribution in [3.8, 4) is 17.2 Å². The maximum absolute atomic E-state index is 12.4. The van der Waals surface area contributed by atoms with E-state index < -0.39 is 5.97 Å². The monoisotopic (exact) mass is 420 g/mol. The fraction of sp³-hybridized carbons (Fsp3) is 0.200. The summed E-state index contributed by atoms with van der Waals surface area (Å²) < 4.78 is 21.4. The summed E-state index contributed by atoms with van der Waals surface area (Å²) in [5.74, 6) is 1.35. The minimum absolute atomic E-state index is 0.0703. The Kier molecular flexibility index (Phi) is 8.05. The fourth-order valence-electron chi connectivity index (χ4n) is 2.76. The minimum atomic E-state index is -0.500. The summed E-state index contributed by atoms with van der Waals surface area (Å²) in [7, 11) is 0. The van der Waals surface area contributed by atoms with E-state index in [1.165, 1.54) is 0 Å². The topological polar surface area (TPSA) is 71.1 Å². The highest BCUT2D eigenvalue weighted by Gasteiger charge is 2.09. The van der Waals surface area contributed by atoms with Gasteiger partial charge in [-0.2, -0.15) is 0 Å². The van der Waals surface area contributed by atoms with Crippen molar-refractivity contribution in [1.29, 1.82) is 0 Å². The van der Waals surface area contributed by atoms with Crippen molar-refractivity contribution in [2.24, 2.45) is 0 Å². The Morgan fingerprint density at radius 3 is 1.84 bits per heavy atom. The first-order chi connectivity index (χ1) is 15.2. The van der Waals surface area contributed by atoms with Gasteiger partial charge in [-0.3, -0.25) is 4.79 Å². The van der Waals surface area contributed by atoms with Gasteiger partial charge in [-0.25, -0.2) is 4.79 Å². The molecule has 0 unspecified atom stereocenters. The molecule has 160 valence electrons. The van der Waals surface area contributed by atoms with Crippen LogP contribution in [0.1, 0.15) is 22.8 Å². The van der Waals surface area contributed by atoms with Gasteiger partial charge in [-0.05, 0) is 55.5 Å². The Bertz CT molecular complexity index is 965. The smallest absolute Gasteiger partial charge is 0.344 e. The van der Waals surface area contributed by atoms with Crippen LogP contribution in [0, 0.1) is 0 Å². The summed E-state index contributed by atoms with van der Waals surface area (Å²) in [4.78, 5) is 24.2. The number of rotatable bonds is 11. The Hall–Kier alpha value is -3.80. The quantitative estimate of drug-likeness (QED) is 0.261. The van der Waals surface area contributed by atoms with E-state index in [4.69, 9.17) is 18.9 Å². The molecule has 6 heteroatoms. The van der Waals surface area contributed by atoms with E-state index in [9.17, 15) is 9.59 Å². The summed E-state index contributed by atoms with van der Waals surface area (Å²) in [6, 6.07) is 22.9. The second kappa shape index (κ2) is 11.4. The average Bonchev–Trinajstić information content (AvgIpc) is 2.82. The zero-order chi connectivity index (χ0) is 21.9. The van der Waals surface area contributed by atoms with E-state index in [1.807, 2.05) is 37.3 Å². The molecule has 0 aliphatic rings. The van der Waals surface area contributed by atoms with Crippen LogP contribution in [0.5, 0.6) is 17.2 Å². The Labute approximate surface area is 181 Å². The lowest BCUT2D eigenvalue weighted by Gasteiger charge is -2.09. The molecule has 0 aliphatic carbocycles. The second-order valence-electron chi connectivity index (χ2n) is 6.48. The first-order valence-electron chi connectivity index (χ1n) is 9.99. The number of benzene rings is 3. The molecule has 3 aromatic carbocycles. The van der Waals surface area contributed by atoms with Crippen molar-refractivity contribution in [2.45, 2.75) is 6.92 Å². The Balaban J connectivity index is 1.36. The number of hydrogen-bond acceptors (Lipinski definition) is 6. The number of esters is 1. The molecule has 0 fully saturated rings. The highest BCUT2D eigenvalue weighted by molar-refractivity contribution is 6.08. The van der Waals surface area contributed by atoms with Crippen LogP contribution < -0.4 is 14.2 Å². The molecule has 3 rings (SSSR count). The second-order valence-corrected chi connectivity index (χ2v) is 6.48. The molecule has 0 radical (unpaired) electrons. The van der Waals surface area contributed by atoms with Gasteiger partial charge in [0.15, 0.2) is 12.4 Å². The first kappa shape index (κ1) is 21.9. The van der Waals surface area contributed by atoms with Crippen LogP contribution in [-0.4, -0.2) is 38.2 Å². The maximum atomic E-state index is 12.4. The first-order valence-corrected chi connectivity index (χ1v) is 9.99. The van der Waals surface area contributed by atoms with Crippen molar-refractivity contribution in [3.63, 3.8) is 0 Å². The maximum Gasteiger partial charge on any atom is 0.344 e. The zero-order valence-corrected chi connectivity index (χ0v) is 17.3. The third-order valence-corrected chi connectivity index (χ3v) is 4.26. The summed E-state index contributed by atoms with van der Waals surface area (Å²) in [5, 5.41) is 0. The van der Waals surface area contributed by atoms with Crippen molar-refractivity contribution >= 4 is 11.8 Å². The van der Waals surface area contributed by atoms with Gasteiger partial charge in [0.25, 0.3) is 0 Å². The third-order valence-electron chi connectivity index (χ3n) is 4.26. The van der Waals surface area contributed by atoms with Crippen molar-refractivity contribution in [2.75, 3.05) is 26.4 Å². The number of carbonyl (C=O) groups is 2. The number of hydrogen-bond donors (Lipinski definition) is 0. The lowest BCUT2D eigenvalue weighted by Crippen LogP contribution is -2.18.